The maximum atomic E-state index is 13.3. The molecule has 1 amide bonds. The van der Waals surface area contributed by atoms with Crippen molar-refractivity contribution in [1.29, 1.82) is 0 Å². The molecular weight excluding hydrogens is 484 g/mol. The Morgan fingerprint density at radius 2 is 1.54 bits per heavy atom. The number of hydrogen-bond donors (Lipinski definition) is 1. The molecule has 0 radical (unpaired) electrons. The molecule has 3 fully saturated rings. The van der Waals surface area contributed by atoms with E-state index in [9.17, 15) is 9.59 Å². The standard InChI is InChI=1S/C33H50N4O2/c1-25(2)37-31-15-9-8-14-26(31)22-30(33(37)39)32(38)34-27-23-28-16-17-29(24-27)36(28)21-13-6-4-3-5-10-18-35-19-11-7-12-20-35/h8-9,14-15,22,25,27-29H,3-7,10-13,16-21,23-24H2,1-2H3,(H,34,38)/t27?,28-,29+. The number of amides is 1. The van der Waals surface area contributed by atoms with Crippen molar-refractivity contribution in [2.75, 3.05) is 26.2 Å². The average molecular weight is 535 g/mol. The normalized spacial score (nSPS) is 24.0. The molecule has 4 heterocycles. The second-order valence-electron chi connectivity index (χ2n) is 12.7. The molecule has 2 bridgehead atoms. The SMILES string of the molecule is CC(C)n1c(=O)c(C(=O)NC2C[C@H]3CC[C@@H](C2)N3CCCCCCCCN2CCCCC2)cc2ccccc21. The average Bonchev–Trinajstić information content (AvgIpc) is 3.17. The Morgan fingerprint density at radius 3 is 2.23 bits per heavy atom. The molecule has 3 aliphatic rings. The topological polar surface area (TPSA) is 57.6 Å². The van der Waals surface area contributed by atoms with Crippen molar-refractivity contribution in [3.8, 4) is 0 Å². The summed E-state index contributed by atoms with van der Waals surface area (Å²) in [4.78, 5) is 32.0. The van der Waals surface area contributed by atoms with Gasteiger partial charge in [0.1, 0.15) is 5.56 Å². The Labute approximate surface area is 235 Å². The van der Waals surface area contributed by atoms with Crippen LogP contribution in [0.25, 0.3) is 10.9 Å². The summed E-state index contributed by atoms with van der Waals surface area (Å²) in [6.45, 7) is 9.16. The Bertz CT molecular complexity index is 1140. The van der Waals surface area contributed by atoms with Gasteiger partial charge < -0.3 is 14.8 Å². The van der Waals surface area contributed by atoms with Crippen molar-refractivity contribution < 1.29 is 4.79 Å². The molecule has 2 aromatic rings. The summed E-state index contributed by atoms with van der Waals surface area (Å²) in [6.07, 6.45) is 16.8. The van der Waals surface area contributed by atoms with Crippen molar-refractivity contribution in [2.24, 2.45) is 0 Å². The lowest BCUT2D eigenvalue weighted by Crippen LogP contribution is -2.51. The van der Waals surface area contributed by atoms with Crippen LogP contribution in [-0.2, 0) is 0 Å². The van der Waals surface area contributed by atoms with Gasteiger partial charge >= 0.3 is 0 Å². The van der Waals surface area contributed by atoms with Crippen LogP contribution in [0.4, 0.5) is 0 Å². The van der Waals surface area contributed by atoms with Gasteiger partial charge in [-0.15, -0.1) is 0 Å². The van der Waals surface area contributed by atoms with Gasteiger partial charge in [0.2, 0.25) is 0 Å². The number of carbonyl (C=O) groups is 1. The molecule has 1 unspecified atom stereocenters. The number of nitrogens with zero attached hydrogens (tertiary/aromatic N) is 3. The van der Waals surface area contributed by atoms with Gasteiger partial charge in [-0.25, -0.2) is 0 Å². The van der Waals surface area contributed by atoms with Crippen LogP contribution in [-0.4, -0.2) is 64.6 Å². The maximum Gasteiger partial charge on any atom is 0.264 e. The number of aromatic nitrogens is 1. The molecule has 1 aromatic heterocycles. The summed E-state index contributed by atoms with van der Waals surface area (Å²) in [5.74, 6) is -0.210. The molecule has 3 atom stereocenters. The highest BCUT2D eigenvalue weighted by Crippen LogP contribution is 2.36. The van der Waals surface area contributed by atoms with Gasteiger partial charge in [0.25, 0.3) is 11.5 Å². The number of benzene rings is 1. The number of fused-ring (bicyclic) bond motifs is 3. The Balaban J connectivity index is 1.06. The number of unbranched alkanes of at least 4 members (excludes halogenated alkanes) is 5. The summed E-state index contributed by atoms with van der Waals surface area (Å²) in [5, 5.41) is 4.20. The molecule has 6 heteroatoms. The van der Waals surface area contributed by atoms with E-state index < -0.39 is 0 Å². The van der Waals surface area contributed by atoms with Crippen LogP contribution in [0.1, 0.15) is 114 Å². The molecule has 1 N–H and O–H groups in total. The molecule has 39 heavy (non-hydrogen) atoms. The van der Waals surface area contributed by atoms with Gasteiger partial charge in [-0.2, -0.15) is 0 Å². The van der Waals surface area contributed by atoms with Crippen LogP contribution in [0, 0.1) is 0 Å². The van der Waals surface area contributed by atoms with Crippen LogP contribution in [0.5, 0.6) is 0 Å². The Hall–Kier alpha value is -2.18. The summed E-state index contributed by atoms with van der Waals surface area (Å²) >= 11 is 0. The zero-order chi connectivity index (χ0) is 27.2. The van der Waals surface area contributed by atoms with E-state index in [1.165, 1.54) is 96.8 Å². The second-order valence-corrected chi connectivity index (χ2v) is 12.7. The third-order valence-corrected chi connectivity index (χ3v) is 9.52. The summed E-state index contributed by atoms with van der Waals surface area (Å²) in [6, 6.07) is 10.9. The van der Waals surface area contributed by atoms with E-state index in [-0.39, 0.29) is 29.1 Å². The third-order valence-electron chi connectivity index (χ3n) is 9.52. The Kier molecular flexibility index (Phi) is 9.78. The molecule has 3 aliphatic heterocycles. The summed E-state index contributed by atoms with van der Waals surface area (Å²) < 4.78 is 1.76. The Morgan fingerprint density at radius 1 is 0.897 bits per heavy atom. The highest BCUT2D eigenvalue weighted by molar-refractivity contribution is 5.97. The van der Waals surface area contributed by atoms with Crippen molar-refractivity contribution in [1.82, 2.24) is 19.7 Å². The number of carbonyl (C=O) groups excluding carboxylic acids is 1. The number of pyridine rings is 1. The number of rotatable bonds is 12. The fourth-order valence-electron chi connectivity index (χ4n) is 7.50. The van der Waals surface area contributed by atoms with Crippen molar-refractivity contribution in [3.63, 3.8) is 0 Å². The smallest absolute Gasteiger partial charge is 0.264 e. The first-order valence-electron chi connectivity index (χ1n) is 15.9. The van der Waals surface area contributed by atoms with Gasteiger partial charge in [0, 0.05) is 24.2 Å². The van der Waals surface area contributed by atoms with Crippen molar-refractivity contribution in [2.45, 2.75) is 121 Å². The van der Waals surface area contributed by atoms with Crippen LogP contribution in [0.15, 0.2) is 35.1 Å². The predicted octanol–water partition coefficient (Wildman–Crippen LogP) is 6.13. The minimum absolute atomic E-state index is 0.00575. The van der Waals surface area contributed by atoms with Gasteiger partial charge in [-0.3, -0.25) is 14.5 Å². The first kappa shape index (κ1) is 28.4. The molecular formula is C33H50N4O2. The van der Waals surface area contributed by atoms with E-state index in [4.69, 9.17) is 0 Å². The molecule has 6 nitrogen and oxygen atoms in total. The third kappa shape index (κ3) is 6.94. The van der Waals surface area contributed by atoms with E-state index >= 15 is 0 Å². The highest BCUT2D eigenvalue weighted by atomic mass is 16.2. The minimum atomic E-state index is -0.210. The highest BCUT2D eigenvalue weighted by Gasteiger charge is 2.40. The van der Waals surface area contributed by atoms with Crippen molar-refractivity contribution in [3.05, 3.63) is 46.2 Å². The maximum absolute atomic E-state index is 13.3. The summed E-state index contributed by atoms with van der Waals surface area (Å²) in [7, 11) is 0. The second kappa shape index (κ2) is 13.5. The van der Waals surface area contributed by atoms with E-state index in [1.807, 2.05) is 38.1 Å². The van der Waals surface area contributed by atoms with E-state index in [0.29, 0.717) is 12.1 Å². The monoisotopic (exact) mass is 534 g/mol. The molecule has 1 aromatic carbocycles. The van der Waals surface area contributed by atoms with Crippen LogP contribution in [0.3, 0.4) is 0 Å². The lowest BCUT2D eigenvalue weighted by molar-refractivity contribution is 0.0839. The predicted molar refractivity (Wildman–Crippen MR) is 161 cm³/mol. The first-order valence-corrected chi connectivity index (χ1v) is 15.9. The van der Waals surface area contributed by atoms with Gasteiger partial charge in [-0.05, 0) is 109 Å². The molecule has 214 valence electrons. The molecule has 0 aliphatic carbocycles. The first-order chi connectivity index (χ1) is 19.0. The van der Waals surface area contributed by atoms with Crippen LogP contribution >= 0.6 is 0 Å². The van der Waals surface area contributed by atoms with Gasteiger partial charge in [-0.1, -0.05) is 50.3 Å². The number of para-hydroxylation sites is 1. The zero-order valence-corrected chi connectivity index (χ0v) is 24.4. The summed E-state index contributed by atoms with van der Waals surface area (Å²) in [5.41, 5.74) is 0.971. The number of nitrogens with one attached hydrogen (secondary N) is 1. The number of piperidine rings is 2. The van der Waals surface area contributed by atoms with Gasteiger partial charge in [0.05, 0.1) is 5.52 Å². The minimum Gasteiger partial charge on any atom is -0.349 e. The molecule has 5 rings (SSSR count). The van der Waals surface area contributed by atoms with Gasteiger partial charge in [0.15, 0.2) is 0 Å². The van der Waals surface area contributed by atoms with E-state index in [0.717, 1.165) is 23.7 Å². The van der Waals surface area contributed by atoms with E-state index in [2.05, 4.69) is 15.1 Å². The van der Waals surface area contributed by atoms with Crippen LogP contribution < -0.4 is 10.9 Å². The molecule has 0 saturated carbocycles. The number of hydrogen-bond acceptors (Lipinski definition) is 4. The lowest BCUT2D eigenvalue weighted by Gasteiger charge is -2.39. The zero-order valence-electron chi connectivity index (χ0n) is 24.4. The molecule has 0 spiro atoms. The molecule has 3 saturated heterocycles. The van der Waals surface area contributed by atoms with Crippen molar-refractivity contribution >= 4 is 16.8 Å². The lowest BCUT2D eigenvalue weighted by atomic mass is 9.96. The quantitative estimate of drug-likeness (QED) is 0.333. The van der Waals surface area contributed by atoms with E-state index in [1.54, 1.807) is 10.6 Å². The van der Waals surface area contributed by atoms with Crippen LogP contribution in [0.2, 0.25) is 0 Å². The largest absolute Gasteiger partial charge is 0.349 e. The number of likely N-dealkylation sites (tertiary alicyclic amines) is 1. The fraction of sp³-hybridized carbons (Fsp3) is 0.697. The fourth-order valence-corrected chi connectivity index (χ4v) is 7.50.